The van der Waals surface area contributed by atoms with E-state index < -0.39 is 0 Å². The van der Waals surface area contributed by atoms with Crippen LogP contribution in [0.2, 0.25) is 5.02 Å². The van der Waals surface area contributed by atoms with Crippen LogP contribution < -0.4 is 10.5 Å². The Balaban J connectivity index is 2.25. The van der Waals surface area contributed by atoms with Crippen LogP contribution in [0.4, 0.5) is 0 Å². The Bertz CT molecular complexity index is 578. The largest absolute Gasteiger partial charge is 0.491 e. The molecule has 0 aliphatic rings. The van der Waals surface area contributed by atoms with E-state index in [0.717, 1.165) is 27.5 Å². The Morgan fingerprint density at radius 3 is 2.30 bits per heavy atom. The normalized spacial score (nSPS) is 12.5. The van der Waals surface area contributed by atoms with E-state index in [1.165, 1.54) is 0 Å². The number of ether oxygens (including phenoxy) is 1. The molecule has 2 N–H and O–H groups in total. The molecular weight excluding hydrogens is 270 g/mol. The molecular formula is C17H20ClNO. The molecule has 1 unspecified atom stereocenters. The van der Waals surface area contributed by atoms with Gasteiger partial charge in [0.05, 0.1) is 12.1 Å². The van der Waals surface area contributed by atoms with Crippen molar-refractivity contribution in [3.63, 3.8) is 0 Å². The number of rotatable bonds is 4. The van der Waals surface area contributed by atoms with Gasteiger partial charge in [0, 0.05) is 5.02 Å². The summed E-state index contributed by atoms with van der Waals surface area (Å²) in [4.78, 5) is 0. The fourth-order valence-electron chi connectivity index (χ4n) is 2.17. The van der Waals surface area contributed by atoms with E-state index in [2.05, 4.69) is 0 Å². The fraction of sp³-hybridized carbons (Fsp3) is 0.294. The summed E-state index contributed by atoms with van der Waals surface area (Å²) in [5.41, 5.74) is 9.47. The first-order valence-corrected chi connectivity index (χ1v) is 7.14. The minimum atomic E-state index is -0.179. The van der Waals surface area contributed by atoms with Gasteiger partial charge in [-0.05, 0) is 55.7 Å². The van der Waals surface area contributed by atoms with Gasteiger partial charge in [0.2, 0.25) is 0 Å². The molecule has 0 amide bonds. The number of nitrogens with two attached hydrogens (primary N) is 1. The molecule has 0 radical (unpaired) electrons. The molecule has 2 nitrogen and oxygen atoms in total. The molecule has 20 heavy (non-hydrogen) atoms. The molecule has 0 bridgehead atoms. The second kappa shape index (κ2) is 6.29. The van der Waals surface area contributed by atoms with Gasteiger partial charge in [-0.1, -0.05) is 35.9 Å². The Kier molecular flexibility index (Phi) is 4.69. The van der Waals surface area contributed by atoms with E-state index in [1.807, 2.05) is 63.2 Å². The lowest BCUT2D eigenvalue weighted by Gasteiger charge is -2.17. The fourth-order valence-corrected chi connectivity index (χ4v) is 2.35. The molecule has 0 heterocycles. The quantitative estimate of drug-likeness (QED) is 0.900. The SMILES string of the molecule is Cc1c(Cl)cccc1C(N)c1ccc(OC(C)C)cc1. The van der Waals surface area contributed by atoms with Crippen molar-refractivity contribution in [3.05, 3.63) is 64.2 Å². The molecule has 2 rings (SSSR count). The standard InChI is InChI=1S/C17H20ClNO/c1-11(2)20-14-9-7-13(8-10-14)17(19)15-5-4-6-16(18)12(15)3/h4-11,17H,19H2,1-3H3. The van der Waals surface area contributed by atoms with Gasteiger partial charge in [-0.15, -0.1) is 0 Å². The summed E-state index contributed by atoms with van der Waals surface area (Å²) in [7, 11) is 0. The molecule has 3 heteroatoms. The Hall–Kier alpha value is -1.51. The van der Waals surface area contributed by atoms with Gasteiger partial charge in [-0.2, -0.15) is 0 Å². The molecule has 2 aromatic rings. The smallest absolute Gasteiger partial charge is 0.119 e. The highest BCUT2D eigenvalue weighted by molar-refractivity contribution is 6.31. The van der Waals surface area contributed by atoms with Gasteiger partial charge in [-0.3, -0.25) is 0 Å². The summed E-state index contributed by atoms with van der Waals surface area (Å²) >= 11 is 6.15. The number of halogens is 1. The second-order valence-electron chi connectivity index (χ2n) is 5.17. The van der Waals surface area contributed by atoms with Crippen molar-refractivity contribution in [3.8, 4) is 5.75 Å². The summed E-state index contributed by atoms with van der Waals surface area (Å²) in [6.07, 6.45) is 0.171. The third kappa shape index (κ3) is 3.33. The van der Waals surface area contributed by atoms with E-state index in [9.17, 15) is 0 Å². The predicted molar refractivity (Wildman–Crippen MR) is 84.4 cm³/mol. The Morgan fingerprint density at radius 2 is 1.70 bits per heavy atom. The highest BCUT2D eigenvalue weighted by Crippen LogP contribution is 2.28. The molecule has 1 atom stereocenters. The van der Waals surface area contributed by atoms with E-state index >= 15 is 0 Å². The van der Waals surface area contributed by atoms with Gasteiger partial charge in [-0.25, -0.2) is 0 Å². The third-order valence-corrected chi connectivity index (χ3v) is 3.67. The molecule has 0 fully saturated rings. The Labute approximate surface area is 125 Å². The van der Waals surface area contributed by atoms with Crippen LogP contribution in [0.5, 0.6) is 5.75 Å². The van der Waals surface area contributed by atoms with Crippen molar-refractivity contribution in [2.75, 3.05) is 0 Å². The number of benzene rings is 2. The molecule has 0 aromatic heterocycles. The van der Waals surface area contributed by atoms with Crippen LogP contribution in [0.1, 0.15) is 36.6 Å². The molecule has 2 aromatic carbocycles. The van der Waals surface area contributed by atoms with Gasteiger partial charge in [0.1, 0.15) is 5.75 Å². The van der Waals surface area contributed by atoms with Crippen LogP contribution in [0.25, 0.3) is 0 Å². The van der Waals surface area contributed by atoms with E-state index in [4.69, 9.17) is 22.1 Å². The average Bonchev–Trinajstić information content (AvgIpc) is 2.41. The van der Waals surface area contributed by atoms with Gasteiger partial charge >= 0.3 is 0 Å². The zero-order chi connectivity index (χ0) is 14.7. The van der Waals surface area contributed by atoms with E-state index in [0.29, 0.717) is 0 Å². The predicted octanol–water partition coefficient (Wildman–Crippen LogP) is 4.48. The summed E-state index contributed by atoms with van der Waals surface area (Å²) < 4.78 is 5.64. The maximum atomic E-state index is 6.34. The van der Waals surface area contributed by atoms with Crippen LogP contribution in [0.3, 0.4) is 0 Å². The average molecular weight is 290 g/mol. The highest BCUT2D eigenvalue weighted by atomic mass is 35.5. The summed E-state index contributed by atoms with van der Waals surface area (Å²) in [6, 6.07) is 13.6. The highest BCUT2D eigenvalue weighted by Gasteiger charge is 2.13. The van der Waals surface area contributed by atoms with Crippen molar-refractivity contribution in [2.45, 2.75) is 32.9 Å². The number of hydrogen-bond donors (Lipinski definition) is 1. The monoisotopic (exact) mass is 289 g/mol. The zero-order valence-electron chi connectivity index (χ0n) is 12.1. The van der Waals surface area contributed by atoms with Crippen LogP contribution in [0.15, 0.2) is 42.5 Å². The van der Waals surface area contributed by atoms with E-state index in [1.54, 1.807) is 0 Å². The molecule has 0 saturated carbocycles. The third-order valence-electron chi connectivity index (χ3n) is 3.26. The maximum absolute atomic E-state index is 6.34. The minimum absolute atomic E-state index is 0.171. The zero-order valence-corrected chi connectivity index (χ0v) is 12.8. The van der Waals surface area contributed by atoms with Crippen molar-refractivity contribution in [2.24, 2.45) is 5.73 Å². The van der Waals surface area contributed by atoms with E-state index in [-0.39, 0.29) is 12.1 Å². The van der Waals surface area contributed by atoms with Crippen LogP contribution in [-0.4, -0.2) is 6.10 Å². The lowest BCUT2D eigenvalue weighted by Crippen LogP contribution is -2.13. The maximum Gasteiger partial charge on any atom is 0.119 e. The second-order valence-corrected chi connectivity index (χ2v) is 5.57. The van der Waals surface area contributed by atoms with Crippen molar-refractivity contribution < 1.29 is 4.74 Å². The van der Waals surface area contributed by atoms with Gasteiger partial charge in [0.15, 0.2) is 0 Å². The minimum Gasteiger partial charge on any atom is -0.491 e. The Morgan fingerprint density at radius 1 is 1.05 bits per heavy atom. The topological polar surface area (TPSA) is 35.2 Å². The molecule has 0 spiro atoms. The van der Waals surface area contributed by atoms with Gasteiger partial charge < -0.3 is 10.5 Å². The van der Waals surface area contributed by atoms with Crippen LogP contribution >= 0.6 is 11.6 Å². The first-order valence-electron chi connectivity index (χ1n) is 6.76. The lowest BCUT2D eigenvalue weighted by atomic mass is 9.96. The summed E-state index contributed by atoms with van der Waals surface area (Å²) in [5.74, 6) is 0.860. The number of hydrogen-bond acceptors (Lipinski definition) is 2. The summed E-state index contributed by atoms with van der Waals surface area (Å²) in [6.45, 7) is 6.01. The van der Waals surface area contributed by atoms with Crippen molar-refractivity contribution in [1.82, 2.24) is 0 Å². The van der Waals surface area contributed by atoms with Crippen molar-refractivity contribution in [1.29, 1.82) is 0 Å². The van der Waals surface area contributed by atoms with Gasteiger partial charge in [0.25, 0.3) is 0 Å². The summed E-state index contributed by atoms with van der Waals surface area (Å²) in [5, 5.41) is 0.748. The van der Waals surface area contributed by atoms with Crippen LogP contribution in [0, 0.1) is 6.92 Å². The molecule has 0 saturated heterocycles. The first kappa shape index (κ1) is 14.9. The van der Waals surface area contributed by atoms with Crippen LogP contribution in [-0.2, 0) is 0 Å². The molecule has 0 aliphatic carbocycles. The molecule has 106 valence electrons. The molecule has 0 aliphatic heterocycles. The lowest BCUT2D eigenvalue weighted by molar-refractivity contribution is 0.242. The van der Waals surface area contributed by atoms with Crippen molar-refractivity contribution >= 4 is 11.6 Å². The first-order chi connectivity index (χ1) is 9.49.